The summed E-state index contributed by atoms with van der Waals surface area (Å²) >= 11 is 1.12. The third-order valence-corrected chi connectivity index (χ3v) is 5.84. The molecule has 0 bridgehead atoms. The van der Waals surface area contributed by atoms with Gasteiger partial charge in [-0.2, -0.15) is 5.26 Å². The van der Waals surface area contributed by atoms with Crippen molar-refractivity contribution in [2.24, 2.45) is 5.73 Å². The van der Waals surface area contributed by atoms with Crippen LogP contribution in [0.4, 0.5) is 0 Å². The molecule has 180 valence electrons. The molecule has 3 aromatic rings. The molecule has 0 saturated heterocycles. The van der Waals surface area contributed by atoms with Crippen molar-refractivity contribution in [1.29, 1.82) is 5.26 Å². The average Bonchev–Trinajstić information content (AvgIpc) is 3.24. The number of benzene rings is 2. The van der Waals surface area contributed by atoms with Gasteiger partial charge in [-0.15, -0.1) is 10.2 Å². The van der Waals surface area contributed by atoms with Gasteiger partial charge in [-0.1, -0.05) is 48.2 Å². The summed E-state index contributed by atoms with van der Waals surface area (Å²) in [6, 6.07) is 17.1. The lowest BCUT2D eigenvalue weighted by Crippen LogP contribution is -2.18. The number of hydrogen-bond donors (Lipinski definition) is 1. The molecule has 0 aliphatic heterocycles. The minimum absolute atomic E-state index is 0.0783. The van der Waals surface area contributed by atoms with Crippen LogP contribution < -0.4 is 10.5 Å². The van der Waals surface area contributed by atoms with Crippen molar-refractivity contribution < 1.29 is 19.1 Å². The molecule has 0 radical (unpaired) electrons. The van der Waals surface area contributed by atoms with Crippen LogP contribution in [0.1, 0.15) is 23.9 Å². The van der Waals surface area contributed by atoms with Gasteiger partial charge in [-0.05, 0) is 44.0 Å². The van der Waals surface area contributed by atoms with Gasteiger partial charge in [-0.3, -0.25) is 14.2 Å². The fourth-order valence-electron chi connectivity index (χ4n) is 3.24. The number of nitrogens with two attached hydrogens (primary N) is 1. The first-order chi connectivity index (χ1) is 16.8. The zero-order valence-electron chi connectivity index (χ0n) is 19.6. The Morgan fingerprint density at radius 3 is 2.40 bits per heavy atom. The Hall–Kier alpha value is -4.10. The van der Waals surface area contributed by atoms with Crippen molar-refractivity contribution >= 4 is 23.5 Å². The van der Waals surface area contributed by atoms with E-state index in [2.05, 4.69) is 10.2 Å². The first-order valence-corrected chi connectivity index (χ1v) is 11.7. The number of rotatable bonds is 10. The lowest BCUT2D eigenvalue weighted by molar-refractivity contribution is -0.144. The minimum atomic E-state index is -0.649. The second-order valence-electron chi connectivity index (χ2n) is 7.62. The summed E-state index contributed by atoms with van der Waals surface area (Å²) in [4.78, 5) is 24.2. The molecule has 1 heterocycles. The minimum Gasteiger partial charge on any atom is -0.485 e. The molecular weight excluding hydrogens is 466 g/mol. The Labute approximate surface area is 207 Å². The molecule has 0 aliphatic rings. The molecule has 0 fully saturated rings. The second kappa shape index (κ2) is 11.9. The van der Waals surface area contributed by atoms with Gasteiger partial charge in [0.25, 0.3) is 0 Å². The molecule has 9 nitrogen and oxygen atoms in total. The summed E-state index contributed by atoms with van der Waals surface area (Å²) in [5.41, 5.74) is 8.21. The zero-order chi connectivity index (χ0) is 25.4. The van der Waals surface area contributed by atoms with E-state index in [1.807, 2.05) is 66.9 Å². The number of thioether (sulfide) groups is 1. The average molecular weight is 492 g/mol. The predicted octanol–water partition coefficient (Wildman–Crippen LogP) is 3.42. The van der Waals surface area contributed by atoms with Gasteiger partial charge >= 0.3 is 5.97 Å². The highest BCUT2D eigenvalue weighted by Gasteiger charge is 2.19. The van der Waals surface area contributed by atoms with Crippen LogP contribution in [0.15, 0.2) is 65.0 Å². The van der Waals surface area contributed by atoms with E-state index in [1.165, 1.54) is 6.92 Å². The number of ketones is 1. The second-order valence-corrected chi connectivity index (χ2v) is 8.56. The number of carbonyl (C=O) groups is 2. The summed E-state index contributed by atoms with van der Waals surface area (Å²) in [5, 5.41) is 18.0. The first kappa shape index (κ1) is 25.5. The van der Waals surface area contributed by atoms with E-state index in [0.29, 0.717) is 11.0 Å². The quantitative estimate of drug-likeness (QED) is 0.196. The van der Waals surface area contributed by atoms with Gasteiger partial charge in [0.05, 0.1) is 5.75 Å². The van der Waals surface area contributed by atoms with Crippen molar-refractivity contribution in [3.63, 3.8) is 0 Å². The summed E-state index contributed by atoms with van der Waals surface area (Å²) in [6.45, 7) is 5.01. The molecule has 0 spiro atoms. The lowest BCUT2D eigenvalue weighted by atomic mass is 10.1. The summed E-state index contributed by atoms with van der Waals surface area (Å²) in [5.74, 6) is -0.0397. The van der Waals surface area contributed by atoms with Crippen molar-refractivity contribution in [1.82, 2.24) is 14.8 Å². The van der Waals surface area contributed by atoms with E-state index in [1.54, 1.807) is 6.07 Å². The van der Waals surface area contributed by atoms with Gasteiger partial charge in [0, 0.05) is 11.4 Å². The number of aryl methyl sites for hydroxylation is 2. The zero-order valence-corrected chi connectivity index (χ0v) is 20.5. The Morgan fingerprint density at radius 2 is 1.77 bits per heavy atom. The first-order valence-electron chi connectivity index (χ1n) is 10.7. The van der Waals surface area contributed by atoms with Gasteiger partial charge in [0.2, 0.25) is 5.78 Å². The van der Waals surface area contributed by atoms with E-state index < -0.39 is 18.4 Å². The Balaban J connectivity index is 1.72. The van der Waals surface area contributed by atoms with E-state index >= 15 is 0 Å². The van der Waals surface area contributed by atoms with Gasteiger partial charge in [0.15, 0.2) is 17.6 Å². The van der Waals surface area contributed by atoms with Crippen LogP contribution in [-0.4, -0.2) is 38.9 Å². The maximum absolute atomic E-state index is 12.2. The fraction of sp³-hybridized carbons (Fsp3) is 0.240. The van der Waals surface area contributed by atoms with Crippen molar-refractivity contribution in [3.8, 4) is 17.5 Å². The highest BCUT2D eigenvalue weighted by atomic mass is 32.2. The van der Waals surface area contributed by atoms with E-state index in [9.17, 15) is 9.59 Å². The van der Waals surface area contributed by atoms with Crippen LogP contribution in [0.5, 0.6) is 5.75 Å². The van der Waals surface area contributed by atoms with Crippen LogP contribution in [-0.2, 0) is 20.9 Å². The van der Waals surface area contributed by atoms with Crippen molar-refractivity contribution in [2.75, 3.05) is 12.4 Å². The molecule has 0 aliphatic carbocycles. The molecule has 10 heteroatoms. The number of aromatic nitrogens is 3. The Morgan fingerprint density at radius 1 is 1.09 bits per heavy atom. The van der Waals surface area contributed by atoms with Gasteiger partial charge < -0.3 is 15.2 Å². The largest absolute Gasteiger partial charge is 0.485 e. The highest BCUT2D eigenvalue weighted by Crippen LogP contribution is 2.26. The molecule has 3 rings (SSSR count). The summed E-state index contributed by atoms with van der Waals surface area (Å²) in [6.07, 6.45) is 0. The maximum Gasteiger partial charge on any atom is 0.316 e. The third kappa shape index (κ3) is 6.49. The molecule has 1 aromatic heterocycles. The van der Waals surface area contributed by atoms with Gasteiger partial charge in [-0.25, -0.2) is 0 Å². The predicted molar refractivity (Wildman–Crippen MR) is 131 cm³/mol. The van der Waals surface area contributed by atoms with Crippen LogP contribution >= 0.6 is 11.8 Å². The molecule has 0 unspecified atom stereocenters. The van der Waals surface area contributed by atoms with Crippen LogP contribution in [0.25, 0.3) is 5.69 Å². The molecule has 0 atom stereocenters. The van der Waals surface area contributed by atoms with Crippen LogP contribution in [0, 0.1) is 25.2 Å². The van der Waals surface area contributed by atoms with Crippen molar-refractivity contribution in [2.45, 2.75) is 32.5 Å². The lowest BCUT2D eigenvalue weighted by Gasteiger charge is -2.13. The van der Waals surface area contributed by atoms with Crippen LogP contribution in [0.3, 0.4) is 0 Å². The number of esters is 1. The number of hydrogen-bond acceptors (Lipinski definition) is 9. The standard InChI is InChI=1S/C25H25N5O4S/c1-16-8-7-9-17(2)24(16)34-14-22-28-29-25(30(22)19-10-5-4-6-11-19)35-15-23(32)33-13-21(31)20(12-26)18(3)27/h4-11H,13-15,27H2,1-3H3/b20-18+. The normalized spacial score (nSPS) is 11.4. The number of nitriles is 1. The fourth-order valence-corrected chi connectivity index (χ4v) is 4.01. The Bertz CT molecular complexity index is 1270. The third-order valence-electron chi connectivity index (χ3n) is 4.94. The smallest absolute Gasteiger partial charge is 0.316 e. The van der Waals surface area contributed by atoms with Crippen molar-refractivity contribution in [3.05, 3.63) is 76.8 Å². The molecule has 2 aromatic carbocycles. The number of Topliss-reactive ketones (excluding diaryl/α,β-unsaturated/α-hetero) is 1. The summed E-state index contributed by atoms with van der Waals surface area (Å²) in [7, 11) is 0. The van der Waals surface area contributed by atoms with Gasteiger partial charge in [0.1, 0.15) is 24.0 Å². The molecule has 0 amide bonds. The van der Waals surface area contributed by atoms with E-state index in [-0.39, 0.29) is 23.6 Å². The molecular formula is C25H25N5O4S. The SMILES string of the molecule is C/C(N)=C(/C#N)C(=O)COC(=O)CSc1nnc(COc2c(C)cccc2C)n1-c1ccccc1. The van der Waals surface area contributed by atoms with Crippen LogP contribution in [0.2, 0.25) is 0 Å². The maximum atomic E-state index is 12.2. The number of para-hydroxylation sites is 2. The number of allylic oxidation sites excluding steroid dienone is 1. The monoisotopic (exact) mass is 491 g/mol. The number of nitrogens with zero attached hydrogens (tertiary/aromatic N) is 4. The topological polar surface area (TPSA) is 133 Å². The number of ether oxygens (including phenoxy) is 2. The summed E-state index contributed by atoms with van der Waals surface area (Å²) < 4.78 is 12.9. The molecule has 35 heavy (non-hydrogen) atoms. The Kier molecular flexibility index (Phi) is 8.64. The molecule has 2 N–H and O–H groups in total. The number of carbonyl (C=O) groups excluding carboxylic acids is 2. The van der Waals surface area contributed by atoms with E-state index in [0.717, 1.165) is 34.3 Å². The van der Waals surface area contributed by atoms with E-state index in [4.69, 9.17) is 20.5 Å². The molecule has 0 saturated carbocycles. The highest BCUT2D eigenvalue weighted by molar-refractivity contribution is 7.99.